The van der Waals surface area contributed by atoms with Gasteiger partial charge in [-0.05, 0) is 30.5 Å². The molecule has 5 heteroatoms. The normalized spacial score (nSPS) is 11.9. The molecule has 5 nitrogen and oxygen atoms in total. The first kappa shape index (κ1) is 17.9. The Balaban J connectivity index is 1.77. The number of rotatable bonds is 7. The largest absolute Gasteiger partial charge is 0.337 e. The van der Waals surface area contributed by atoms with Crippen LogP contribution in [0.25, 0.3) is 0 Å². The number of benzene rings is 1. The number of aryl methyl sites for hydroxylation is 2. The monoisotopic (exact) mass is 348 g/mol. The van der Waals surface area contributed by atoms with Crippen LogP contribution in [-0.4, -0.2) is 25.3 Å². The topological polar surface area (TPSA) is 51.0 Å². The van der Waals surface area contributed by atoms with Crippen LogP contribution in [0.4, 0.5) is 0 Å². The Hall–Kier alpha value is -2.95. The smallest absolute Gasteiger partial charge is 0.223 e. The van der Waals surface area contributed by atoms with Crippen LogP contribution in [0.15, 0.2) is 67.3 Å². The average molecular weight is 348 g/mol. The van der Waals surface area contributed by atoms with E-state index in [1.54, 1.807) is 12.4 Å². The van der Waals surface area contributed by atoms with Crippen molar-refractivity contribution in [3.05, 3.63) is 84.2 Å². The molecule has 0 bridgehead atoms. The van der Waals surface area contributed by atoms with Crippen LogP contribution in [-0.2, 0) is 24.8 Å². The Labute approximate surface area is 154 Å². The minimum atomic E-state index is -0.0192. The summed E-state index contributed by atoms with van der Waals surface area (Å²) in [4.78, 5) is 23.5. The van der Waals surface area contributed by atoms with Crippen LogP contribution >= 0.6 is 0 Å². The lowest BCUT2D eigenvalue weighted by molar-refractivity contribution is -0.134. The Morgan fingerprint density at radius 1 is 1.15 bits per heavy atom. The SMILES string of the molecule is C[C@@H](c1ccccc1)N(Cc1nccn1C)C(=O)CCc1cccnc1. The molecule has 2 heterocycles. The van der Waals surface area contributed by atoms with E-state index in [0.717, 1.165) is 17.0 Å². The van der Waals surface area contributed by atoms with Gasteiger partial charge < -0.3 is 9.47 Å². The highest BCUT2D eigenvalue weighted by atomic mass is 16.2. The van der Waals surface area contributed by atoms with Crippen LogP contribution in [0.2, 0.25) is 0 Å². The first-order valence-electron chi connectivity index (χ1n) is 8.84. The van der Waals surface area contributed by atoms with Gasteiger partial charge in [0.25, 0.3) is 0 Å². The molecule has 134 valence electrons. The van der Waals surface area contributed by atoms with Gasteiger partial charge in [0.1, 0.15) is 5.82 Å². The van der Waals surface area contributed by atoms with Crippen LogP contribution < -0.4 is 0 Å². The van der Waals surface area contributed by atoms with Gasteiger partial charge in [-0.1, -0.05) is 36.4 Å². The van der Waals surface area contributed by atoms with Crippen molar-refractivity contribution in [2.75, 3.05) is 0 Å². The quantitative estimate of drug-likeness (QED) is 0.656. The molecule has 0 spiro atoms. The Bertz CT molecular complexity index is 829. The molecule has 0 aliphatic carbocycles. The van der Waals surface area contributed by atoms with E-state index < -0.39 is 0 Å². The van der Waals surface area contributed by atoms with Crippen LogP contribution in [0.5, 0.6) is 0 Å². The zero-order valence-electron chi connectivity index (χ0n) is 15.2. The fourth-order valence-electron chi connectivity index (χ4n) is 2.99. The van der Waals surface area contributed by atoms with E-state index >= 15 is 0 Å². The number of hydrogen-bond donors (Lipinski definition) is 0. The van der Waals surface area contributed by atoms with E-state index in [4.69, 9.17) is 0 Å². The minimum absolute atomic E-state index is 0.0192. The summed E-state index contributed by atoms with van der Waals surface area (Å²) in [6.45, 7) is 2.56. The summed E-state index contributed by atoms with van der Waals surface area (Å²) >= 11 is 0. The van der Waals surface area contributed by atoms with Crippen molar-refractivity contribution in [3.63, 3.8) is 0 Å². The van der Waals surface area contributed by atoms with Crippen molar-refractivity contribution < 1.29 is 4.79 Å². The summed E-state index contributed by atoms with van der Waals surface area (Å²) in [6, 6.07) is 14.0. The number of nitrogens with zero attached hydrogens (tertiary/aromatic N) is 4. The van der Waals surface area contributed by atoms with Gasteiger partial charge >= 0.3 is 0 Å². The minimum Gasteiger partial charge on any atom is -0.337 e. The third kappa shape index (κ3) is 4.36. The number of carbonyl (C=O) groups excluding carboxylic acids is 1. The summed E-state index contributed by atoms with van der Waals surface area (Å²) in [5.41, 5.74) is 2.20. The highest BCUT2D eigenvalue weighted by molar-refractivity contribution is 5.77. The molecule has 0 aliphatic heterocycles. The molecular formula is C21H24N4O. The van der Waals surface area contributed by atoms with Gasteiger partial charge in [-0.25, -0.2) is 4.98 Å². The molecule has 2 aromatic heterocycles. The molecule has 0 aliphatic rings. The maximum absolute atomic E-state index is 13.0. The van der Waals surface area contributed by atoms with Crippen LogP contribution in [0, 0.1) is 0 Å². The summed E-state index contributed by atoms with van der Waals surface area (Å²) in [5.74, 6) is 0.996. The van der Waals surface area contributed by atoms with Crippen molar-refractivity contribution in [3.8, 4) is 0 Å². The van der Waals surface area contributed by atoms with E-state index in [9.17, 15) is 4.79 Å². The molecule has 1 atom stereocenters. The van der Waals surface area contributed by atoms with Gasteiger partial charge in [-0.15, -0.1) is 0 Å². The molecule has 0 saturated carbocycles. The number of imidazole rings is 1. The fourth-order valence-corrected chi connectivity index (χ4v) is 2.99. The van der Waals surface area contributed by atoms with Gasteiger partial charge in [0.2, 0.25) is 5.91 Å². The number of amides is 1. The van der Waals surface area contributed by atoms with Crippen molar-refractivity contribution in [2.45, 2.75) is 32.4 Å². The molecule has 0 unspecified atom stereocenters. The molecule has 0 saturated heterocycles. The number of hydrogen-bond acceptors (Lipinski definition) is 3. The fraction of sp³-hybridized carbons (Fsp3) is 0.286. The third-order valence-electron chi connectivity index (χ3n) is 4.65. The summed E-state index contributed by atoms with van der Waals surface area (Å²) in [5, 5.41) is 0. The zero-order chi connectivity index (χ0) is 18.4. The molecule has 3 rings (SSSR count). The Morgan fingerprint density at radius 2 is 1.96 bits per heavy atom. The van der Waals surface area contributed by atoms with Gasteiger partial charge in [0.15, 0.2) is 0 Å². The second-order valence-electron chi connectivity index (χ2n) is 6.42. The molecule has 0 fully saturated rings. The van der Waals surface area contributed by atoms with Gasteiger partial charge in [0.05, 0.1) is 12.6 Å². The van der Waals surface area contributed by atoms with Gasteiger partial charge in [-0.2, -0.15) is 0 Å². The summed E-state index contributed by atoms with van der Waals surface area (Å²) in [6.07, 6.45) is 8.37. The van der Waals surface area contributed by atoms with E-state index in [1.807, 2.05) is 59.2 Å². The standard InChI is InChI=1S/C21H24N4O/c1-17(19-8-4-3-5-9-19)25(16-20-23-13-14-24(20)2)21(26)11-10-18-7-6-12-22-15-18/h3-9,12-15,17H,10-11,16H2,1-2H3/t17-/m0/s1. The third-order valence-corrected chi connectivity index (χ3v) is 4.65. The lowest BCUT2D eigenvalue weighted by Gasteiger charge is -2.29. The van der Waals surface area contributed by atoms with Gasteiger partial charge in [-0.3, -0.25) is 9.78 Å². The van der Waals surface area contributed by atoms with Crippen molar-refractivity contribution in [2.24, 2.45) is 7.05 Å². The molecular weight excluding hydrogens is 324 g/mol. The Kier molecular flexibility index (Phi) is 5.79. The predicted octanol–water partition coefficient (Wildman–Crippen LogP) is 3.54. The maximum Gasteiger partial charge on any atom is 0.223 e. The molecule has 0 radical (unpaired) electrons. The second kappa shape index (κ2) is 8.43. The first-order valence-corrected chi connectivity index (χ1v) is 8.84. The molecule has 0 N–H and O–H groups in total. The maximum atomic E-state index is 13.0. The zero-order valence-corrected chi connectivity index (χ0v) is 15.2. The first-order chi connectivity index (χ1) is 12.6. The molecule has 1 aromatic carbocycles. The number of carbonyl (C=O) groups is 1. The second-order valence-corrected chi connectivity index (χ2v) is 6.42. The van der Waals surface area contributed by atoms with Crippen LogP contribution in [0.3, 0.4) is 0 Å². The van der Waals surface area contributed by atoms with E-state index in [1.165, 1.54) is 0 Å². The average Bonchev–Trinajstić information content (AvgIpc) is 3.10. The van der Waals surface area contributed by atoms with Gasteiger partial charge in [0, 0.05) is 38.3 Å². The molecule has 3 aromatic rings. The number of aromatic nitrogens is 3. The van der Waals surface area contributed by atoms with Crippen molar-refractivity contribution in [1.82, 2.24) is 19.4 Å². The number of pyridine rings is 1. The predicted molar refractivity (Wildman–Crippen MR) is 101 cm³/mol. The molecule has 26 heavy (non-hydrogen) atoms. The summed E-state index contributed by atoms with van der Waals surface area (Å²) in [7, 11) is 1.95. The van der Waals surface area contributed by atoms with E-state index in [-0.39, 0.29) is 11.9 Å². The lowest BCUT2D eigenvalue weighted by Crippen LogP contribution is -2.34. The van der Waals surface area contributed by atoms with E-state index in [0.29, 0.717) is 19.4 Å². The highest BCUT2D eigenvalue weighted by Gasteiger charge is 2.23. The Morgan fingerprint density at radius 3 is 2.62 bits per heavy atom. The molecule has 1 amide bonds. The van der Waals surface area contributed by atoms with Crippen molar-refractivity contribution >= 4 is 5.91 Å². The lowest BCUT2D eigenvalue weighted by atomic mass is 10.1. The highest BCUT2D eigenvalue weighted by Crippen LogP contribution is 2.23. The van der Waals surface area contributed by atoms with E-state index in [2.05, 4.69) is 29.0 Å². The van der Waals surface area contributed by atoms with Crippen molar-refractivity contribution in [1.29, 1.82) is 0 Å². The summed E-state index contributed by atoms with van der Waals surface area (Å²) < 4.78 is 1.96. The van der Waals surface area contributed by atoms with Crippen LogP contribution in [0.1, 0.15) is 36.3 Å².